The molecule has 7 nitrogen and oxygen atoms in total. The van der Waals surface area contributed by atoms with E-state index in [1.807, 2.05) is 6.07 Å². The molecule has 0 saturated heterocycles. The highest BCUT2D eigenvalue weighted by atomic mass is 16.5. The van der Waals surface area contributed by atoms with Crippen LogP contribution in [0.25, 0.3) is 10.9 Å². The van der Waals surface area contributed by atoms with Crippen molar-refractivity contribution in [1.82, 2.24) is 4.57 Å². The summed E-state index contributed by atoms with van der Waals surface area (Å²) in [5.41, 5.74) is 1.57. The summed E-state index contributed by atoms with van der Waals surface area (Å²) in [4.78, 5) is 36.9. The summed E-state index contributed by atoms with van der Waals surface area (Å²) in [5, 5.41) is 13.6. The van der Waals surface area contributed by atoms with Gasteiger partial charge in [0.15, 0.2) is 0 Å². The van der Waals surface area contributed by atoms with Crippen LogP contribution in [0.4, 0.5) is 5.69 Å². The average molecular weight is 364 g/mol. The van der Waals surface area contributed by atoms with E-state index in [1.165, 1.54) is 35.9 Å². The zero-order valence-electron chi connectivity index (χ0n) is 14.5. The molecule has 27 heavy (non-hydrogen) atoms. The molecule has 0 saturated carbocycles. The number of aromatic hydroxyl groups is 1. The highest BCUT2D eigenvalue weighted by molar-refractivity contribution is 6.09. The number of ether oxygens (including phenoxy) is 1. The number of rotatable bonds is 3. The fraction of sp³-hybridized carbons (Fsp3) is 0.150. The van der Waals surface area contributed by atoms with Crippen LogP contribution in [0.5, 0.6) is 5.75 Å². The minimum Gasteiger partial charge on any atom is -0.506 e. The van der Waals surface area contributed by atoms with E-state index in [0.717, 1.165) is 5.56 Å². The Morgan fingerprint density at radius 3 is 2.59 bits per heavy atom. The molecule has 4 rings (SSSR count). The Hall–Kier alpha value is -3.61. The van der Waals surface area contributed by atoms with E-state index in [9.17, 15) is 19.5 Å². The summed E-state index contributed by atoms with van der Waals surface area (Å²) in [6.45, 7) is 0.475. The van der Waals surface area contributed by atoms with E-state index in [1.54, 1.807) is 12.1 Å². The minimum absolute atomic E-state index is 0.293. The van der Waals surface area contributed by atoms with Crippen molar-refractivity contribution in [2.24, 2.45) is 0 Å². The number of carbonyl (C=O) groups excluding carboxylic acids is 2. The lowest BCUT2D eigenvalue weighted by Gasteiger charge is -2.12. The minimum atomic E-state index is -0.703. The molecule has 1 aliphatic heterocycles. The second-order valence-corrected chi connectivity index (χ2v) is 6.27. The Balaban J connectivity index is 1.72. The lowest BCUT2D eigenvalue weighted by atomic mass is 10.1. The number of carbonyl (C=O) groups is 2. The van der Waals surface area contributed by atoms with E-state index in [4.69, 9.17) is 0 Å². The monoisotopic (exact) mass is 364 g/mol. The van der Waals surface area contributed by atoms with Crippen molar-refractivity contribution in [2.45, 2.75) is 13.0 Å². The first-order valence-electron chi connectivity index (χ1n) is 8.38. The molecule has 2 aromatic carbocycles. The van der Waals surface area contributed by atoms with Crippen LogP contribution in [0, 0.1) is 0 Å². The number of para-hydroxylation sites is 1. The average Bonchev–Trinajstić information content (AvgIpc) is 3.11. The molecule has 0 spiro atoms. The van der Waals surface area contributed by atoms with Gasteiger partial charge in [-0.25, -0.2) is 4.79 Å². The van der Waals surface area contributed by atoms with Gasteiger partial charge in [0.05, 0.1) is 18.2 Å². The van der Waals surface area contributed by atoms with Crippen molar-refractivity contribution in [3.05, 3.63) is 69.5 Å². The van der Waals surface area contributed by atoms with Crippen LogP contribution in [0.3, 0.4) is 0 Å². The van der Waals surface area contributed by atoms with Crippen molar-refractivity contribution >= 4 is 28.5 Å². The first-order valence-corrected chi connectivity index (χ1v) is 8.38. The number of anilines is 1. The van der Waals surface area contributed by atoms with Crippen LogP contribution in [0.2, 0.25) is 0 Å². The number of hydrogen-bond acceptors (Lipinski definition) is 5. The summed E-state index contributed by atoms with van der Waals surface area (Å²) >= 11 is 0. The molecule has 3 aromatic rings. The lowest BCUT2D eigenvalue weighted by molar-refractivity contribution is 0.0600. The number of esters is 1. The second-order valence-electron chi connectivity index (χ2n) is 6.27. The molecular formula is C20H16N2O5. The molecular weight excluding hydrogens is 348 g/mol. The molecule has 0 radical (unpaired) electrons. The van der Waals surface area contributed by atoms with Crippen molar-refractivity contribution in [3.8, 4) is 5.75 Å². The zero-order valence-corrected chi connectivity index (χ0v) is 14.5. The Labute approximate surface area is 153 Å². The number of hydrogen-bond donors (Lipinski definition) is 2. The highest BCUT2D eigenvalue weighted by Crippen LogP contribution is 2.32. The predicted octanol–water partition coefficient (Wildman–Crippen LogP) is 2.30. The van der Waals surface area contributed by atoms with Crippen molar-refractivity contribution in [3.63, 3.8) is 0 Å². The third-order valence-corrected chi connectivity index (χ3v) is 4.74. The van der Waals surface area contributed by atoms with Gasteiger partial charge in [0.25, 0.3) is 11.5 Å². The number of pyridine rings is 1. The first-order chi connectivity index (χ1) is 13.0. The SMILES string of the molecule is COC(=O)c1ccc(NC(=O)c2c(O)c3cccc4c3n(c2=O)CC4)cc1. The van der Waals surface area contributed by atoms with Crippen molar-refractivity contribution < 1.29 is 19.4 Å². The second kappa shape index (κ2) is 6.28. The number of methoxy groups -OCH3 is 1. The number of amides is 1. The Bertz CT molecular complexity index is 1150. The summed E-state index contributed by atoms with van der Waals surface area (Å²) in [7, 11) is 1.28. The molecule has 0 aliphatic carbocycles. The van der Waals surface area contributed by atoms with Gasteiger partial charge in [-0.15, -0.1) is 0 Å². The molecule has 2 heterocycles. The summed E-state index contributed by atoms with van der Waals surface area (Å²) in [5.74, 6) is -1.51. The summed E-state index contributed by atoms with van der Waals surface area (Å²) in [6, 6.07) is 11.4. The quantitative estimate of drug-likeness (QED) is 0.695. The third kappa shape index (κ3) is 2.64. The first kappa shape index (κ1) is 16.8. The molecule has 1 aliphatic rings. The molecule has 0 unspecified atom stereocenters. The molecule has 0 bridgehead atoms. The zero-order chi connectivity index (χ0) is 19.1. The van der Waals surface area contributed by atoms with Gasteiger partial charge in [0, 0.05) is 17.6 Å². The van der Waals surface area contributed by atoms with Crippen LogP contribution in [-0.4, -0.2) is 28.7 Å². The van der Waals surface area contributed by atoms with E-state index >= 15 is 0 Å². The summed E-state index contributed by atoms with van der Waals surface area (Å²) < 4.78 is 6.15. The van der Waals surface area contributed by atoms with Crippen LogP contribution in [0.1, 0.15) is 26.3 Å². The maximum Gasteiger partial charge on any atom is 0.337 e. The molecule has 0 atom stereocenters. The van der Waals surface area contributed by atoms with E-state index in [-0.39, 0.29) is 11.3 Å². The smallest absolute Gasteiger partial charge is 0.337 e. The fourth-order valence-electron chi connectivity index (χ4n) is 3.43. The third-order valence-electron chi connectivity index (χ3n) is 4.74. The summed E-state index contributed by atoms with van der Waals surface area (Å²) in [6.07, 6.45) is 0.687. The van der Waals surface area contributed by atoms with Crippen molar-refractivity contribution in [1.29, 1.82) is 0 Å². The Kier molecular flexibility index (Phi) is 3.92. The largest absolute Gasteiger partial charge is 0.506 e. The van der Waals surface area contributed by atoms with E-state index in [2.05, 4.69) is 10.1 Å². The molecule has 0 fully saturated rings. The predicted molar refractivity (Wildman–Crippen MR) is 99.3 cm³/mol. The lowest BCUT2D eigenvalue weighted by Crippen LogP contribution is -2.28. The van der Waals surface area contributed by atoms with Crippen LogP contribution >= 0.6 is 0 Å². The van der Waals surface area contributed by atoms with Gasteiger partial charge in [0.2, 0.25) is 0 Å². The standard InChI is InChI=1S/C20H16N2O5/c1-27-20(26)12-5-7-13(8-6-12)21-18(24)15-17(23)14-4-2-3-11-9-10-22(16(11)14)19(15)25/h2-8,23H,9-10H2,1H3,(H,21,24). The van der Waals surface area contributed by atoms with Crippen LogP contribution < -0.4 is 10.9 Å². The topological polar surface area (TPSA) is 97.6 Å². The number of nitrogens with one attached hydrogen (secondary N) is 1. The van der Waals surface area contributed by atoms with E-state index < -0.39 is 17.4 Å². The number of aromatic nitrogens is 1. The maximum atomic E-state index is 12.8. The molecule has 136 valence electrons. The van der Waals surface area contributed by atoms with Gasteiger partial charge in [-0.05, 0) is 42.3 Å². The maximum absolute atomic E-state index is 12.8. The molecule has 7 heteroatoms. The van der Waals surface area contributed by atoms with Crippen LogP contribution in [-0.2, 0) is 17.7 Å². The van der Waals surface area contributed by atoms with Gasteiger partial charge in [-0.1, -0.05) is 12.1 Å². The van der Waals surface area contributed by atoms with Gasteiger partial charge in [-0.3, -0.25) is 9.59 Å². The number of aryl methyl sites for hydroxylation is 2. The van der Waals surface area contributed by atoms with Gasteiger partial charge in [-0.2, -0.15) is 0 Å². The number of nitrogens with zero attached hydrogens (tertiary/aromatic N) is 1. The normalized spacial score (nSPS) is 12.2. The van der Waals surface area contributed by atoms with Crippen LogP contribution in [0.15, 0.2) is 47.3 Å². The Morgan fingerprint density at radius 1 is 1.15 bits per heavy atom. The molecule has 1 aromatic heterocycles. The molecule has 1 amide bonds. The van der Waals surface area contributed by atoms with E-state index in [0.29, 0.717) is 35.1 Å². The Morgan fingerprint density at radius 2 is 1.89 bits per heavy atom. The van der Waals surface area contributed by atoms with Gasteiger partial charge < -0.3 is 19.7 Å². The molecule has 2 N–H and O–H groups in total. The van der Waals surface area contributed by atoms with Gasteiger partial charge in [0.1, 0.15) is 11.3 Å². The fourth-order valence-corrected chi connectivity index (χ4v) is 3.43. The number of benzene rings is 2. The van der Waals surface area contributed by atoms with Crippen molar-refractivity contribution in [2.75, 3.05) is 12.4 Å². The van der Waals surface area contributed by atoms with Gasteiger partial charge >= 0.3 is 5.97 Å². The highest BCUT2D eigenvalue weighted by Gasteiger charge is 2.26.